The molecule has 0 atom stereocenters. The molecule has 9 heteroatoms. The van der Waals surface area contributed by atoms with Crippen LogP contribution >= 0.6 is 0 Å². The highest BCUT2D eigenvalue weighted by Crippen LogP contribution is 2.10. The maximum atomic E-state index is 11.8. The zero-order valence-electron chi connectivity index (χ0n) is 14.1. The maximum Gasteiger partial charge on any atom is 0.325 e. The number of amides is 4. The van der Waals surface area contributed by atoms with Crippen molar-refractivity contribution in [2.45, 2.75) is 13.3 Å². The summed E-state index contributed by atoms with van der Waals surface area (Å²) < 4.78 is 9.64. The first-order valence-electron chi connectivity index (χ1n) is 7.61. The second-order valence-corrected chi connectivity index (χ2v) is 4.88. The van der Waals surface area contributed by atoms with Crippen LogP contribution in [-0.2, 0) is 14.3 Å². The Hall–Kier alpha value is -3.10. The third-order valence-electron chi connectivity index (χ3n) is 2.90. The van der Waals surface area contributed by atoms with Crippen molar-refractivity contribution in [3.05, 3.63) is 29.8 Å². The quantitative estimate of drug-likeness (QED) is 0.575. The van der Waals surface area contributed by atoms with E-state index in [0.29, 0.717) is 17.9 Å². The molecule has 1 aromatic carbocycles. The Morgan fingerprint density at radius 1 is 1.04 bits per heavy atom. The van der Waals surface area contributed by atoms with Crippen LogP contribution in [0.1, 0.15) is 23.7 Å². The third kappa shape index (κ3) is 7.82. The van der Waals surface area contributed by atoms with Gasteiger partial charge in [0.25, 0.3) is 11.8 Å². The van der Waals surface area contributed by atoms with Crippen molar-refractivity contribution in [3.8, 4) is 5.75 Å². The molecular formula is C16H21N3O6. The maximum absolute atomic E-state index is 11.8. The molecule has 1 aromatic rings. The molecule has 1 rings (SSSR count). The van der Waals surface area contributed by atoms with Gasteiger partial charge in [0.1, 0.15) is 12.3 Å². The Morgan fingerprint density at radius 2 is 1.72 bits per heavy atom. The number of methoxy groups -OCH3 is 1. The van der Waals surface area contributed by atoms with Crippen molar-refractivity contribution in [2.24, 2.45) is 0 Å². The molecule has 9 nitrogen and oxygen atoms in total. The van der Waals surface area contributed by atoms with E-state index in [1.807, 2.05) is 12.2 Å². The molecule has 0 aliphatic rings. The predicted molar refractivity (Wildman–Crippen MR) is 88.1 cm³/mol. The number of hydrogen-bond donors (Lipinski definition) is 3. The molecule has 0 aliphatic carbocycles. The predicted octanol–water partition coefficient (Wildman–Crippen LogP) is 0.204. The summed E-state index contributed by atoms with van der Waals surface area (Å²) in [4.78, 5) is 46.0. The summed E-state index contributed by atoms with van der Waals surface area (Å²) >= 11 is 0. The van der Waals surface area contributed by atoms with Crippen LogP contribution < -0.4 is 20.7 Å². The Balaban J connectivity index is 2.28. The van der Waals surface area contributed by atoms with Gasteiger partial charge >= 0.3 is 12.0 Å². The SMILES string of the molecule is CCCNC(=O)NC(=O)COC(=O)CNC(=O)c1ccc(OC)cc1. The summed E-state index contributed by atoms with van der Waals surface area (Å²) in [6.45, 7) is 1.28. The number of esters is 1. The van der Waals surface area contributed by atoms with Gasteiger partial charge in [-0.2, -0.15) is 0 Å². The number of nitrogens with one attached hydrogen (secondary N) is 3. The van der Waals surface area contributed by atoms with E-state index in [9.17, 15) is 19.2 Å². The number of carbonyl (C=O) groups is 4. The van der Waals surface area contributed by atoms with Crippen molar-refractivity contribution in [1.29, 1.82) is 0 Å². The molecule has 0 spiro atoms. The molecule has 0 aliphatic heterocycles. The lowest BCUT2D eigenvalue weighted by Crippen LogP contribution is -2.42. The highest BCUT2D eigenvalue weighted by Gasteiger charge is 2.12. The lowest BCUT2D eigenvalue weighted by atomic mass is 10.2. The Kier molecular flexibility index (Phi) is 8.48. The van der Waals surface area contributed by atoms with E-state index in [1.54, 1.807) is 24.3 Å². The van der Waals surface area contributed by atoms with Gasteiger partial charge in [-0.25, -0.2) is 4.79 Å². The number of carbonyl (C=O) groups excluding carboxylic acids is 4. The van der Waals surface area contributed by atoms with Crippen LogP contribution in [0, 0.1) is 0 Å². The fourth-order valence-electron chi connectivity index (χ4n) is 1.64. The van der Waals surface area contributed by atoms with Crippen LogP contribution in [0.25, 0.3) is 0 Å². The molecule has 0 heterocycles. The van der Waals surface area contributed by atoms with Gasteiger partial charge in [-0.1, -0.05) is 6.92 Å². The first kappa shape index (κ1) is 19.9. The van der Waals surface area contributed by atoms with Gasteiger partial charge in [0.05, 0.1) is 7.11 Å². The van der Waals surface area contributed by atoms with Crippen LogP contribution in [0.3, 0.4) is 0 Å². The normalized spacial score (nSPS) is 9.68. The van der Waals surface area contributed by atoms with Crippen molar-refractivity contribution in [3.63, 3.8) is 0 Å². The summed E-state index contributed by atoms with van der Waals surface area (Å²) in [6, 6.07) is 5.65. The number of imide groups is 1. The van der Waals surface area contributed by atoms with Crippen molar-refractivity contribution in [2.75, 3.05) is 26.8 Å². The van der Waals surface area contributed by atoms with Gasteiger partial charge in [0, 0.05) is 12.1 Å². The zero-order valence-corrected chi connectivity index (χ0v) is 14.1. The summed E-state index contributed by atoms with van der Waals surface area (Å²) in [7, 11) is 1.51. The van der Waals surface area contributed by atoms with Crippen molar-refractivity contribution >= 4 is 23.8 Å². The van der Waals surface area contributed by atoms with Gasteiger partial charge in [0.2, 0.25) is 0 Å². The van der Waals surface area contributed by atoms with E-state index in [1.165, 1.54) is 7.11 Å². The summed E-state index contributed by atoms with van der Waals surface area (Å²) in [6.07, 6.45) is 0.727. The molecule has 0 unspecified atom stereocenters. The minimum Gasteiger partial charge on any atom is -0.497 e. The smallest absolute Gasteiger partial charge is 0.325 e. The summed E-state index contributed by atoms with van der Waals surface area (Å²) in [5, 5.41) is 6.81. The third-order valence-corrected chi connectivity index (χ3v) is 2.90. The molecule has 136 valence electrons. The average Bonchev–Trinajstić information content (AvgIpc) is 2.62. The van der Waals surface area contributed by atoms with E-state index in [4.69, 9.17) is 4.74 Å². The Bertz CT molecular complexity index is 615. The first-order chi connectivity index (χ1) is 12.0. The van der Waals surface area contributed by atoms with Crippen molar-refractivity contribution < 1.29 is 28.7 Å². The molecule has 0 radical (unpaired) electrons. The zero-order chi connectivity index (χ0) is 18.7. The van der Waals surface area contributed by atoms with Gasteiger partial charge in [0.15, 0.2) is 6.61 Å². The van der Waals surface area contributed by atoms with Crippen molar-refractivity contribution in [1.82, 2.24) is 16.0 Å². The molecule has 0 aromatic heterocycles. The first-order valence-corrected chi connectivity index (χ1v) is 7.61. The van der Waals surface area contributed by atoms with Crippen LogP contribution in [-0.4, -0.2) is 50.6 Å². The van der Waals surface area contributed by atoms with Gasteiger partial charge < -0.3 is 20.1 Å². The van der Waals surface area contributed by atoms with Crippen LogP contribution in [0.4, 0.5) is 4.79 Å². The minimum atomic E-state index is -0.800. The van der Waals surface area contributed by atoms with Gasteiger partial charge in [-0.15, -0.1) is 0 Å². The Morgan fingerprint density at radius 3 is 2.32 bits per heavy atom. The lowest BCUT2D eigenvalue weighted by molar-refractivity contribution is -0.147. The summed E-state index contributed by atoms with van der Waals surface area (Å²) in [5.74, 6) is -1.43. The number of rotatable bonds is 8. The number of urea groups is 1. The van der Waals surface area contributed by atoms with E-state index in [2.05, 4.69) is 15.4 Å². The highest BCUT2D eigenvalue weighted by molar-refractivity contribution is 5.97. The molecule has 4 amide bonds. The second-order valence-electron chi connectivity index (χ2n) is 4.88. The molecule has 0 fully saturated rings. The Labute approximate surface area is 145 Å². The molecule has 0 saturated heterocycles. The van der Waals surface area contributed by atoms with E-state index >= 15 is 0 Å². The van der Waals surface area contributed by atoms with Crippen LogP contribution in [0.5, 0.6) is 5.75 Å². The fraction of sp³-hybridized carbons (Fsp3) is 0.375. The molecule has 3 N–H and O–H groups in total. The monoisotopic (exact) mass is 351 g/mol. The van der Waals surface area contributed by atoms with E-state index in [-0.39, 0.29) is 0 Å². The standard InChI is InChI=1S/C16H21N3O6/c1-3-8-17-16(23)19-13(20)10-25-14(21)9-18-15(22)11-4-6-12(24-2)7-5-11/h4-7H,3,8-10H2,1-2H3,(H,18,22)(H2,17,19,20,23). The largest absolute Gasteiger partial charge is 0.497 e. The average molecular weight is 351 g/mol. The van der Waals surface area contributed by atoms with Crippen LogP contribution in [0.15, 0.2) is 24.3 Å². The van der Waals surface area contributed by atoms with Gasteiger partial charge in [-0.3, -0.25) is 19.7 Å². The highest BCUT2D eigenvalue weighted by atomic mass is 16.5. The minimum absolute atomic E-state index is 0.346. The topological polar surface area (TPSA) is 123 Å². The number of hydrogen-bond acceptors (Lipinski definition) is 6. The molecule has 0 bridgehead atoms. The lowest BCUT2D eigenvalue weighted by Gasteiger charge is -2.08. The van der Waals surface area contributed by atoms with Crippen LogP contribution in [0.2, 0.25) is 0 Å². The summed E-state index contributed by atoms with van der Waals surface area (Å²) in [5.41, 5.74) is 0.346. The van der Waals surface area contributed by atoms with E-state index in [0.717, 1.165) is 6.42 Å². The second kappa shape index (κ2) is 10.6. The molecule has 25 heavy (non-hydrogen) atoms. The van der Waals surface area contributed by atoms with E-state index < -0.39 is 37.0 Å². The molecule has 0 saturated carbocycles. The number of ether oxygens (including phenoxy) is 2. The molecular weight excluding hydrogens is 330 g/mol. The fourth-order valence-corrected chi connectivity index (χ4v) is 1.64. The number of benzene rings is 1. The van der Waals surface area contributed by atoms with Gasteiger partial charge in [-0.05, 0) is 30.7 Å².